The maximum atomic E-state index is 12.5. The first-order chi connectivity index (χ1) is 11.3. The molecule has 0 aliphatic carbocycles. The van der Waals surface area contributed by atoms with Gasteiger partial charge in [-0.15, -0.1) is 0 Å². The lowest BCUT2D eigenvalue weighted by Gasteiger charge is -2.10. The minimum absolute atomic E-state index is 0.215. The lowest BCUT2D eigenvalue weighted by atomic mass is 10.1. The van der Waals surface area contributed by atoms with Crippen molar-refractivity contribution in [2.75, 3.05) is 6.61 Å². The zero-order valence-corrected chi connectivity index (χ0v) is 12.8. The molecule has 0 radical (unpaired) electrons. The van der Waals surface area contributed by atoms with Crippen LogP contribution in [0.15, 0.2) is 54.9 Å². The molecule has 0 aliphatic rings. The Bertz CT molecular complexity index is 828. The molecule has 0 spiro atoms. The second kappa shape index (κ2) is 6.87. The number of pyridine rings is 2. The number of nitrogens with one attached hydrogen (secondary N) is 1. The van der Waals surface area contributed by atoms with Gasteiger partial charge in [0.25, 0.3) is 5.91 Å². The summed E-state index contributed by atoms with van der Waals surface area (Å²) in [6.07, 6.45) is 3.31. The van der Waals surface area contributed by atoms with Crippen molar-refractivity contribution in [3.8, 4) is 5.88 Å². The molecule has 1 aromatic carbocycles. The van der Waals surface area contributed by atoms with Crippen molar-refractivity contribution in [2.45, 2.75) is 13.5 Å². The third kappa shape index (κ3) is 3.29. The number of rotatable bonds is 5. The van der Waals surface area contributed by atoms with E-state index >= 15 is 0 Å². The van der Waals surface area contributed by atoms with Crippen LogP contribution in [0.4, 0.5) is 0 Å². The minimum atomic E-state index is -0.215. The fourth-order valence-electron chi connectivity index (χ4n) is 2.39. The van der Waals surface area contributed by atoms with Crippen LogP contribution in [0.1, 0.15) is 23.0 Å². The van der Waals surface area contributed by atoms with E-state index < -0.39 is 0 Å². The lowest BCUT2D eigenvalue weighted by Crippen LogP contribution is -2.24. The number of benzene rings is 1. The maximum Gasteiger partial charge on any atom is 0.270 e. The van der Waals surface area contributed by atoms with Gasteiger partial charge in [0.05, 0.1) is 6.61 Å². The topological polar surface area (TPSA) is 64.1 Å². The van der Waals surface area contributed by atoms with Crippen LogP contribution in [0.5, 0.6) is 5.88 Å². The first-order valence-electron chi connectivity index (χ1n) is 7.48. The summed E-state index contributed by atoms with van der Waals surface area (Å²) < 4.78 is 5.47. The van der Waals surface area contributed by atoms with Crippen molar-refractivity contribution in [3.63, 3.8) is 0 Å². The molecule has 0 unspecified atom stereocenters. The second-order valence-electron chi connectivity index (χ2n) is 4.96. The standard InChI is InChI=1S/C18H17N3O2/c1-2-23-18-14(7-5-10-20-18)12-21-17(22)16-15-8-4-3-6-13(15)9-11-19-16/h3-11H,2,12H2,1H3,(H,21,22). The van der Waals surface area contributed by atoms with E-state index in [0.717, 1.165) is 16.3 Å². The molecular formula is C18H17N3O2. The fraction of sp³-hybridized carbons (Fsp3) is 0.167. The normalized spacial score (nSPS) is 10.5. The van der Waals surface area contributed by atoms with Crippen molar-refractivity contribution >= 4 is 16.7 Å². The van der Waals surface area contributed by atoms with E-state index in [1.807, 2.05) is 49.4 Å². The second-order valence-corrected chi connectivity index (χ2v) is 4.96. The Morgan fingerprint density at radius 3 is 2.83 bits per heavy atom. The molecule has 0 bridgehead atoms. The van der Waals surface area contributed by atoms with Gasteiger partial charge in [-0.1, -0.05) is 30.3 Å². The minimum Gasteiger partial charge on any atom is -0.478 e. The van der Waals surface area contributed by atoms with Gasteiger partial charge in [-0.05, 0) is 24.4 Å². The summed E-state index contributed by atoms with van der Waals surface area (Å²) in [5.41, 5.74) is 1.26. The monoisotopic (exact) mass is 307 g/mol. The van der Waals surface area contributed by atoms with Crippen LogP contribution in [0.2, 0.25) is 0 Å². The molecule has 1 amide bonds. The van der Waals surface area contributed by atoms with Gasteiger partial charge >= 0.3 is 0 Å². The summed E-state index contributed by atoms with van der Waals surface area (Å²) in [7, 11) is 0. The first kappa shape index (κ1) is 15.0. The SMILES string of the molecule is CCOc1ncccc1CNC(=O)c1nccc2ccccc12. The van der Waals surface area contributed by atoms with Crippen LogP contribution >= 0.6 is 0 Å². The Kier molecular flexibility index (Phi) is 4.47. The molecule has 5 heteroatoms. The van der Waals surface area contributed by atoms with Gasteiger partial charge in [0.2, 0.25) is 5.88 Å². The molecule has 0 fully saturated rings. The highest BCUT2D eigenvalue weighted by atomic mass is 16.5. The number of ether oxygens (including phenoxy) is 1. The van der Waals surface area contributed by atoms with Crippen molar-refractivity contribution < 1.29 is 9.53 Å². The number of hydrogen-bond acceptors (Lipinski definition) is 4. The Morgan fingerprint density at radius 1 is 1.09 bits per heavy atom. The van der Waals surface area contributed by atoms with Crippen LogP contribution in [0, 0.1) is 0 Å². The highest BCUT2D eigenvalue weighted by Crippen LogP contribution is 2.17. The Morgan fingerprint density at radius 2 is 1.96 bits per heavy atom. The molecule has 5 nitrogen and oxygen atoms in total. The molecule has 1 N–H and O–H groups in total. The van der Waals surface area contributed by atoms with Gasteiger partial charge in [-0.3, -0.25) is 9.78 Å². The summed E-state index contributed by atoms with van der Waals surface area (Å²) in [6.45, 7) is 2.77. The van der Waals surface area contributed by atoms with E-state index in [1.54, 1.807) is 12.4 Å². The molecule has 3 rings (SSSR count). The number of aromatic nitrogens is 2. The molecular weight excluding hydrogens is 290 g/mol. The average molecular weight is 307 g/mol. The predicted molar refractivity (Wildman–Crippen MR) is 88.3 cm³/mol. The van der Waals surface area contributed by atoms with E-state index in [9.17, 15) is 4.79 Å². The molecule has 0 saturated carbocycles. The number of fused-ring (bicyclic) bond motifs is 1. The van der Waals surface area contributed by atoms with Crippen molar-refractivity contribution in [1.29, 1.82) is 0 Å². The van der Waals surface area contributed by atoms with E-state index in [0.29, 0.717) is 24.7 Å². The Hall–Kier alpha value is -2.95. The highest BCUT2D eigenvalue weighted by Gasteiger charge is 2.12. The number of carbonyl (C=O) groups is 1. The van der Waals surface area contributed by atoms with Crippen LogP contribution in [-0.4, -0.2) is 22.5 Å². The first-order valence-corrected chi connectivity index (χ1v) is 7.48. The van der Waals surface area contributed by atoms with Crippen LogP contribution in [0.25, 0.3) is 10.8 Å². The summed E-state index contributed by atoms with van der Waals surface area (Å²) in [5.74, 6) is 0.328. The number of hydrogen-bond donors (Lipinski definition) is 1. The maximum absolute atomic E-state index is 12.5. The van der Waals surface area contributed by atoms with Crippen LogP contribution in [0.3, 0.4) is 0 Å². The summed E-state index contributed by atoms with van der Waals surface area (Å²) in [5, 5.41) is 4.71. The van der Waals surface area contributed by atoms with Crippen LogP contribution in [-0.2, 0) is 6.54 Å². The average Bonchev–Trinajstić information content (AvgIpc) is 2.60. The number of amides is 1. The van der Waals surface area contributed by atoms with Gasteiger partial charge in [0.1, 0.15) is 5.69 Å². The summed E-state index contributed by atoms with van der Waals surface area (Å²) >= 11 is 0. The van der Waals surface area contributed by atoms with E-state index in [1.165, 1.54) is 0 Å². The van der Waals surface area contributed by atoms with Crippen molar-refractivity contribution in [3.05, 3.63) is 66.1 Å². The van der Waals surface area contributed by atoms with Gasteiger partial charge < -0.3 is 10.1 Å². The largest absolute Gasteiger partial charge is 0.478 e. The van der Waals surface area contributed by atoms with Gasteiger partial charge in [-0.25, -0.2) is 4.98 Å². The smallest absolute Gasteiger partial charge is 0.270 e. The lowest BCUT2D eigenvalue weighted by molar-refractivity contribution is 0.0947. The zero-order chi connectivity index (χ0) is 16.1. The molecule has 0 aliphatic heterocycles. The van der Waals surface area contributed by atoms with E-state index in [-0.39, 0.29) is 5.91 Å². The van der Waals surface area contributed by atoms with Gasteiger partial charge in [0.15, 0.2) is 0 Å². The van der Waals surface area contributed by atoms with Gasteiger partial charge in [0, 0.05) is 29.9 Å². The van der Waals surface area contributed by atoms with Crippen LogP contribution < -0.4 is 10.1 Å². The molecule has 0 atom stereocenters. The Balaban J connectivity index is 1.80. The third-order valence-electron chi connectivity index (χ3n) is 3.46. The zero-order valence-electron chi connectivity index (χ0n) is 12.8. The number of nitrogens with zero attached hydrogens (tertiary/aromatic N) is 2. The van der Waals surface area contributed by atoms with E-state index in [4.69, 9.17) is 4.74 Å². The third-order valence-corrected chi connectivity index (χ3v) is 3.46. The number of carbonyl (C=O) groups excluding carboxylic acids is 1. The van der Waals surface area contributed by atoms with Gasteiger partial charge in [-0.2, -0.15) is 0 Å². The molecule has 116 valence electrons. The van der Waals surface area contributed by atoms with E-state index in [2.05, 4.69) is 15.3 Å². The molecule has 23 heavy (non-hydrogen) atoms. The van der Waals surface area contributed by atoms with Crippen molar-refractivity contribution in [1.82, 2.24) is 15.3 Å². The quantitative estimate of drug-likeness (QED) is 0.787. The molecule has 2 aromatic heterocycles. The highest BCUT2D eigenvalue weighted by molar-refractivity contribution is 6.05. The molecule has 3 aromatic rings. The Labute approximate surface area is 134 Å². The fourth-order valence-corrected chi connectivity index (χ4v) is 2.39. The molecule has 0 saturated heterocycles. The summed E-state index contributed by atoms with van der Waals surface area (Å²) in [6, 6.07) is 13.3. The van der Waals surface area contributed by atoms with Crippen molar-refractivity contribution in [2.24, 2.45) is 0 Å². The molecule has 2 heterocycles. The summed E-state index contributed by atoms with van der Waals surface area (Å²) in [4.78, 5) is 20.9. The predicted octanol–water partition coefficient (Wildman–Crippen LogP) is 2.96.